The van der Waals surface area contributed by atoms with Crippen LogP contribution >= 0.6 is 9.24 Å². The first-order valence-electron chi connectivity index (χ1n) is 8.15. The van der Waals surface area contributed by atoms with Gasteiger partial charge in [0, 0.05) is 31.9 Å². The number of nitrogens with one attached hydrogen (secondary N) is 1. The molecule has 0 radical (unpaired) electrons. The van der Waals surface area contributed by atoms with Gasteiger partial charge in [-0.2, -0.15) is 0 Å². The number of likely N-dealkylation sites (N-methyl/N-ethyl adjacent to an activating group) is 1. The Kier molecular flexibility index (Phi) is 8.90. The minimum atomic E-state index is 0.878. The Bertz CT molecular complexity index is 679. The lowest BCUT2D eigenvalue weighted by Crippen LogP contribution is -2.18. The average Bonchev–Trinajstić information content (AvgIpc) is 3.00. The third-order valence-electron chi connectivity index (χ3n) is 3.64. The summed E-state index contributed by atoms with van der Waals surface area (Å²) in [7, 11) is 6.65. The second kappa shape index (κ2) is 10.7. The van der Waals surface area contributed by atoms with Gasteiger partial charge in [0.15, 0.2) is 0 Å². The van der Waals surface area contributed by atoms with Gasteiger partial charge in [-0.3, -0.25) is 4.99 Å². The summed E-state index contributed by atoms with van der Waals surface area (Å²) in [5, 5.41) is 3.28. The van der Waals surface area contributed by atoms with Crippen LogP contribution in [0.1, 0.15) is 20.8 Å². The van der Waals surface area contributed by atoms with Crippen LogP contribution in [0.25, 0.3) is 0 Å². The van der Waals surface area contributed by atoms with E-state index < -0.39 is 0 Å². The van der Waals surface area contributed by atoms with Gasteiger partial charge in [0.05, 0.1) is 17.1 Å². The van der Waals surface area contributed by atoms with E-state index in [1.807, 2.05) is 32.1 Å². The van der Waals surface area contributed by atoms with Gasteiger partial charge in [0.2, 0.25) is 0 Å². The maximum atomic E-state index is 4.24. The van der Waals surface area contributed by atoms with Crippen molar-refractivity contribution in [1.29, 1.82) is 0 Å². The Labute approximate surface area is 149 Å². The Balaban J connectivity index is 2.86. The summed E-state index contributed by atoms with van der Waals surface area (Å²) in [6, 6.07) is 0. The van der Waals surface area contributed by atoms with E-state index in [9.17, 15) is 0 Å². The molecule has 0 amide bonds. The molecule has 0 aromatic heterocycles. The summed E-state index contributed by atoms with van der Waals surface area (Å²) in [5.41, 5.74) is 5.00. The molecule has 1 heterocycles. The second-order valence-corrected chi connectivity index (χ2v) is 5.82. The van der Waals surface area contributed by atoms with Gasteiger partial charge in [-0.25, -0.2) is 0 Å². The van der Waals surface area contributed by atoms with Gasteiger partial charge < -0.3 is 10.2 Å². The van der Waals surface area contributed by atoms with Crippen LogP contribution in [0.15, 0.2) is 64.1 Å². The van der Waals surface area contributed by atoms with E-state index in [2.05, 4.69) is 68.5 Å². The molecular weight excluding hydrogens is 313 g/mol. The zero-order chi connectivity index (χ0) is 17.9. The van der Waals surface area contributed by atoms with Gasteiger partial charge in [-0.05, 0) is 51.1 Å². The Morgan fingerprint density at radius 2 is 2.04 bits per heavy atom. The monoisotopic (exact) mass is 341 g/mol. The fourth-order valence-electron chi connectivity index (χ4n) is 2.22. The van der Waals surface area contributed by atoms with Crippen molar-refractivity contribution in [2.24, 2.45) is 4.99 Å². The number of hydrogen-bond donors (Lipinski definition) is 1. The molecule has 0 fully saturated rings. The summed E-state index contributed by atoms with van der Waals surface area (Å²) in [6.45, 7) is 7.05. The van der Waals surface area contributed by atoms with Crippen molar-refractivity contribution in [3.8, 4) is 11.8 Å². The molecule has 4 heteroatoms. The number of nitrogens with zero attached hydrogens (tertiary/aromatic N) is 2. The van der Waals surface area contributed by atoms with E-state index in [0.717, 1.165) is 35.4 Å². The van der Waals surface area contributed by atoms with E-state index in [-0.39, 0.29) is 0 Å². The van der Waals surface area contributed by atoms with Crippen LogP contribution in [0, 0.1) is 11.8 Å². The highest BCUT2D eigenvalue weighted by Crippen LogP contribution is 2.10. The van der Waals surface area contributed by atoms with Gasteiger partial charge in [0.1, 0.15) is 0 Å². The zero-order valence-corrected chi connectivity index (χ0v) is 16.5. The molecular formula is C20H28N3P. The van der Waals surface area contributed by atoms with Crippen LogP contribution in [0.5, 0.6) is 0 Å². The zero-order valence-electron chi connectivity index (χ0n) is 15.4. The van der Waals surface area contributed by atoms with Crippen LogP contribution in [0.2, 0.25) is 0 Å². The lowest BCUT2D eigenvalue weighted by atomic mass is 10.2. The Hall–Kier alpha value is -2.04. The van der Waals surface area contributed by atoms with E-state index in [1.54, 1.807) is 7.05 Å². The Morgan fingerprint density at radius 3 is 2.54 bits per heavy atom. The smallest absolute Gasteiger partial charge is 0.0923 e. The maximum absolute atomic E-state index is 4.24. The average molecular weight is 341 g/mol. The van der Waals surface area contributed by atoms with Crippen molar-refractivity contribution in [1.82, 2.24) is 10.2 Å². The lowest BCUT2D eigenvalue weighted by molar-refractivity contribution is 0.459. The molecule has 0 aliphatic carbocycles. The van der Waals surface area contributed by atoms with Gasteiger partial charge in [-0.15, -0.1) is 9.24 Å². The fourth-order valence-corrected chi connectivity index (χ4v) is 2.61. The summed E-state index contributed by atoms with van der Waals surface area (Å²) < 4.78 is 0. The highest BCUT2D eigenvalue weighted by atomic mass is 31.0. The standard InChI is InChI=1S/C20H28N3P/c1-6-16(10-12-18(7-2)23(5)13-14-24)9-11-17-15-20(21-4)19(8-3)22-17/h6-8,10,12,15,22H,13-14,24H2,1-5H3/b12-10-,16-6-,18-7+,19-8+,21-20?. The largest absolute Gasteiger partial charge is 0.375 e. The predicted molar refractivity (Wildman–Crippen MR) is 110 cm³/mol. The van der Waals surface area contributed by atoms with Crippen molar-refractivity contribution in [3.63, 3.8) is 0 Å². The molecule has 24 heavy (non-hydrogen) atoms. The van der Waals surface area contributed by atoms with Gasteiger partial charge in [-0.1, -0.05) is 24.1 Å². The van der Waals surface area contributed by atoms with E-state index in [1.165, 1.54) is 5.70 Å². The van der Waals surface area contributed by atoms with Crippen molar-refractivity contribution >= 4 is 15.0 Å². The summed E-state index contributed by atoms with van der Waals surface area (Å²) >= 11 is 0. The van der Waals surface area contributed by atoms with Crippen molar-refractivity contribution in [2.45, 2.75) is 20.8 Å². The Morgan fingerprint density at radius 1 is 1.29 bits per heavy atom. The minimum Gasteiger partial charge on any atom is -0.375 e. The fraction of sp³-hybridized carbons (Fsp3) is 0.350. The molecule has 1 rings (SSSR count). The normalized spacial score (nSPS) is 18.7. The highest BCUT2D eigenvalue weighted by Gasteiger charge is 2.12. The molecule has 1 atom stereocenters. The number of rotatable bonds is 5. The molecule has 1 aliphatic heterocycles. The highest BCUT2D eigenvalue weighted by molar-refractivity contribution is 7.16. The first kappa shape index (κ1) is 20.0. The summed E-state index contributed by atoms with van der Waals surface area (Å²) in [4.78, 5) is 6.47. The van der Waals surface area contributed by atoms with E-state index >= 15 is 0 Å². The molecule has 0 bridgehead atoms. The number of aliphatic imine (C=N–C) groups is 1. The first-order chi connectivity index (χ1) is 11.6. The van der Waals surface area contributed by atoms with Gasteiger partial charge in [0.25, 0.3) is 0 Å². The molecule has 3 nitrogen and oxygen atoms in total. The quantitative estimate of drug-likeness (QED) is 0.469. The molecule has 0 spiro atoms. The second-order valence-electron chi connectivity index (χ2n) is 5.25. The van der Waals surface area contributed by atoms with Crippen molar-refractivity contribution in [2.75, 3.05) is 26.8 Å². The molecule has 0 saturated carbocycles. The molecule has 0 aromatic carbocycles. The van der Waals surface area contributed by atoms with Crippen molar-refractivity contribution in [3.05, 3.63) is 59.1 Å². The predicted octanol–water partition coefficient (Wildman–Crippen LogP) is 3.66. The molecule has 1 unspecified atom stereocenters. The van der Waals surface area contributed by atoms with Crippen LogP contribution in [-0.2, 0) is 0 Å². The molecule has 0 aromatic rings. The van der Waals surface area contributed by atoms with Crippen LogP contribution in [0.4, 0.5) is 0 Å². The van der Waals surface area contributed by atoms with E-state index in [4.69, 9.17) is 0 Å². The topological polar surface area (TPSA) is 27.6 Å². The van der Waals surface area contributed by atoms with E-state index in [0.29, 0.717) is 0 Å². The summed E-state index contributed by atoms with van der Waals surface area (Å²) in [6.07, 6.45) is 13.3. The third kappa shape index (κ3) is 5.87. The summed E-state index contributed by atoms with van der Waals surface area (Å²) in [5.74, 6) is 6.39. The molecule has 128 valence electrons. The van der Waals surface area contributed by atoms with Gasteiger partial charge >= 0.3 is 0 Å². The number of allylic oxidation sites excluding steroid dienone is 8. The molecule has 0 saturated heterocycles. The van der Waals surface area contributed by atoms with Crippen LogP contribution in [-0.4, -0.2) is 37.4 Å². The molecule has 1 N–H and O–H groups in total. The third-order valence-corrected chi connectivity index (χ3v) is 3.90. The minimum absolute atomic E-state index is 0.878. The van der Waals surface area contributed by atoms with Crippen molar-refractivity contribution < 1.29 is 0 Å². The lowest BCUT2D eigenvalue weighted by Gasteiger charge is -2.19. The first-order valence-corrected chi connectivity index (χ1v) is 8.97. The SMILES string of the molecule is C\C=C(C#CC1=CC(=NC)/C(=C\C)N1)/C=C\C(=C/C)N(C)CCP. The maximum Gasteiger partial charge on any atom is 0.0923 e. The van der Waals surface area contributed by atoms with Crippen LogP contribution < -0.4 is 5.32 Å². The number of hydrogen-bond acceptors (Lipinski definition) is 3. The van der Waals surface area contributed by atoms with Crippen LogP contribution in [0.3, 0.4) is 0 Å². The molecule has 1 aliphatic rings.